The number of carboxylic acids is 1. The Balaban J connectivity index is 2.13. The van der Waals surface area contributed by atoms with Crippen LogP contribution in [0.5, 0.6) is 0 Å². The summed E-state index contributed by atoms with van der Waals surface area (Å²) in [6.07, 6.45) is 0. The number of aromatic carboxylic acids is 1. The molecule has 0 radical (unpaired) electrons. The van der Waals surface area contributed by atoms with Gasteiger partial charge in [-0.1, -0.05) is 0 Å². The summed E-state index contributed by atoms with van der Waals surface area (Å²) in [6, 6.07) is 0. The number of hydrogen-bond acceptors (Lipinski definition) is 6. The first-order valence-corrected chi connectivity index (χ1v) is 8.59. The van der Waals surface area contributed by atoms with Crippen LogP contribution in [0.15, 0.2) is 4.79 Å². The summed E-state index contributed by atoms with van der Waals surface area (Å²) >= 11 is 2.62. The highest BCUT2D eigenvalue weighted by molar-refractivity contribution is 7.18. The fraction of sp³-hybridized carbons (Fsp3) is 0.333. The van der Waals surface area contributed by atoms with Crippen LogP contribution in [0.4, 0.5) is 0 Å². The van der Waals surface area contributed by atoms with Gasteiger partial charge in [-0.15, -0.1) is 22.7 Å². The van der Waals surface area contributed by atoms with Crippen LogP contribution >= 0.6 is 22.7 Å². The molecule has 23 heavy (non-hydrogen) atoms. The summed E-state index contributed by atoms with van der Waals surface area (Å²) in [7, 11) is 0. The van der Waals surface area contributed by atoms with Crippen LogP contribution in [0.3, 0.4) is 0 Å². The molecule has 1 N–H and O–H groups in total. The number of rotatable bonds is 3. The molecule has 0 bridgehead atoms. The highest BCUT2D eigenvalue weighted by Crippen LogP contribution is 2.26. The standard InChI is InChI=1S/C15H15N3O3S2/c1-6-8(3)22-13-11(6)14(19)18(9(4)17-13)5-10-16-7(2)12(23-10)15(20)21/h5H2,1-4H3,(H,20,21). The molecular weight excluding hydrogens is 334 g/mol. The van der Waals surface area contributed by atoms with Gasteiger partial charge in [-0.05, 0) is 33.3 Å². The average molecular weight is 349 g/mol. The van der Waals surface area contributed by atoms with Crippen LogP contribution in [-0.2, 0) is 6.54 Å². The molecule has 0 aliphatic carbocycles. The monoisotopic (exact) mass is 349 g/mol. The van der Waals surface area contributed by atoms with Crippen molar-refractivity contribution in [3.8, 4) is 0 Å². The Labute approximate surface area is 140 Å². The predicted octanol–water partition coefficient (Wildman–Crippen LogP) is 2.89. The van der Waals surface area contributed by atoms with Crippen LogP contribution in [0, 0.1) is 27.7 Å². The highest BCUT2D eigenvalue weighted by atomic mass is 32.1. The van der Waals surface area contributed by atoms with Crippen molar-refractivity contribution >= 4 is 38.9 Å². The maximum atomic E-state index is 12.8. The van der Waals surface area contributed by atoms with Gasteiger partial charge in [-0.25, -0.2) is 14.8 Å². The Bertz CT molecular complexity index is 998. The fourth-order valence-electron chi connectivity index (χ4n) is 2.47. The second-order valence-corrected chi connectivity index (χ2v) is 7.63. The molecule has 0 amide bonds. The zero-order valence-corrected chi connectivity index (χ0v) is 14.8. The van der Waals surface area contributed by atoms with E-state index in [9.17, 15) is 9.59 Å². The van der Waals surface area contributed by atoms with Crippen molar-refractivity contribution in [3.05, 3.63) is 42.2 Å². The largest absolute Gasteiger partial charge is 0.477 e. The third-order valence-corrected chi connectivity index (χ3v) is 6.04. The lowest BCUT2D eigenvalue weighted by atomic mass is 10.2. The molecule has 3 aromatic heterocycles. The Morgan fingerprint density at radius 1 is 1.17 bits per heavy atom. The molecule has 3 aromatic rings. The minimum atomic E-state index is -0.992. The maximum absolute atomic E-state index is 12.8. The van der Waals surface area contributed by atoms with Gasteiger partial charge in [-0.3, -0.25) is 9.36 Å². The van der Waals surface area contributed by atoms with E-state index in [-0.39, 0.29) is 17.0 Å². The number of fused-ring (bicyclic) bond motifs is 1. The predicted molar refractivity (Wildman–Crippen MR) is 91.0 cm³/mol. The van der Waals surface area contributed by atoms with Crippen molar-refractivity contribution in [2.45, 2.75) is 34.2 Å². The first-order chi connectivity index (χ1) is 10.8. The summed E-state index contributed by atoms with van der Waals surface area (Å²) in [5.74, 6) is -0.387. The van der Waals surface area contributed by atoms with Gasteiger partial charge < -0.3 is 5.11 Å². The molecule has 6 nitrogen and oxygen atoms in total. The maximum Gasteiger partial charge on any atom is 0.347 e. The van der Waals surface area contributed by atoms with Gasteiger partial charge in [0.1, 0.15) is 20.5 Å². The number of aryl methyl sites for hydroxylation is 4. The molecule has 0 saturated heterocycles. The molecule has 3 rings (SSSR count). The van der Waals surface area contributed by atoms with Gasteiger partial charge in [0, 0.05) is 4.88 Å². The van der Waals surface area contributed by atoms with Crippen molar-refractivity contribution in [2.75, 3.05) is 0 Å². The quantitative estimate of drug-likeness (QED) is 0.786. The van der Waals surface area contributed by atoms with E-state index in [0.717, 1.165) is 26.6 Å². The molecule has 120 valence electrons. The van der Waals surface area contributed by atoms with E-state index in [1.807, 2.05) is 13.8 Å². The van der Waals surface area contributed by atoms with Gasteiger partial charge in [-0.2, -0.15) is 0 Å². The Kier molecular flexibility index (Phi) is 3.81. The summed E-state index contributed by atoms with van der Waals surface area (Å²) in [4.78, 5) is 34.8. The van der Waals surface area contributed by atoms with Crippen LogP contribution in [-0.4, -0.2) is 25.6 Å². The number of hydrogen-bond donors (Lipinski definition) is 1. The first kappa shape index (κ1) is 15.8. The molecule has 0 aliphatic heterocycles. The SMILES string of the molecule is Cc1nc(Cn2c(C)nc3sc(C)c(C)c3c2=O)sc1C(=O)O. The Morgan fingerprint density at radius 3 is 2.48 bits per heavy atom. The smallest absolute Gasteiger partial charge is 0.347 e. The Hall–Kier alpha value is -2.06. The molecule has 3 heterocycles. The summed E-state index contributed by atoms with van der Waals surface area (Å²) in [6.45, 7) is 7.58. The molecule has 0 fully saturated rings. The van der Waals surface area contributed by atoms with Gasteiger partial charge in [0.25, 0.3) is 5.56 Å². The normalized spacial score (nSPS) is 11.3. The van der Waals surface area contributed by atoms with E-state index in [1.165, 1.54) is 11.3 Å². The van der Waals surface area contributed by atoms with Gasteiger partial charge >= 0.3 is 5.97 Å². The molecule has 0 unspecified atom stereocenters. The minimum absolute atomic E-state index is 0.0981. The van der Waals surface area contributed by atoms with Crippen LogP contribution < -0.4 is 5.56 Å². The van der Waals surface area contributed by atoms with Crippen LogP contribution in [0.2, 0.25) is 0 Å². The number of carboxylic acid groups (broad SMARTS) is 1. The summed E-state index contributed by atoms with van der Waals surface area (Å²) in [5.41, 5.74) is 1.33. The van der Waals surface area contributed by atoms with Gasteiger partial charge in [0.2, 0.25) is 0 Å². The Morgan fingerprint density at radius 2 is 1.87 bits per heavy atom. The number of carbonyl (C=O) groups is 1. The summed E-state index contributed by atoms with van der Waals surface area (Å²) < 4.78 is 1.56. The number of nitrogens with zero attached hydrogens (tertiary/aromatic N) is 3. The van der Waals surface area contributed by atoms with Crippen molar-refractivity contribution in [2.24, 2.45) is 0 Å². The topological polar surface area (TPSA) is 85.1 Å². The van der Waals surface area contributed by atoms with E-state index in [4.69, 9.17) is 5.11 Å². The van der Waals surface area contributed by atoms with Crippen molar-refractivity contribution < 1.29 is 9.90 Å². The number of thiophene rings is 1. The van der Waals surface area contributed by atoms with Gasteiger partial charge in [0.05, 0.1) is 17.6 Å². The van der Waals surface area contributed by atoms with Crippen molar-refractivity contribution in [3.63, 3.8) is 0 Å². The van der Waals surface area contributed by atoms with Gasteiger partial charge in [0.15, 0.2) is 0 Å². The molecule has 0 aliphatic rings. The lowest BCUT2D eigenvalue weighted by molar-refractivity contribution is 0.0701. The molecular formula is C15H15N3O3S2. The second-order valence-electron chi connectivity index (χ2n) is 5.34. The van der Waals surface area contributed by atoms with E-state index >= 15 is 0 Å². The van der Waals surface area contributed by atoms with E-state index in [1.54, 1.807) is 18.4 Å². The highest BCUT2D eigenvalue weighted by Gasteiger charge is 2.18. The lowest BCUT2D eigenvalue weighted by Crippen LogP contribution is -2.24. The zero-order valence-electron chi connectivity index (χ0n) is 13.1. The minimum Gasteiger partial charge on any atom is -0.477 e. The average Bonchev–Trinajstić information content (AvgIpc) is 2.96. The van der Waals surface area contributed by atoms with E-state index in [2.05, 4.69) is 9.97 Å². The third-order valence-electron chi connectivity index (χ3n) is 3.81. The molecule has 0 saturated carbocycles. The number of thiazole rings is 1. The number of aromatic nitrogens is 3. The van der Waals surface area contributed by atoms with E-state index in [0.29, 0.717) is 21.9 Å². The molecule has 0 atom stereocenters. The second kappa shape index (κ2) is 5.54. The summed E-state index contributed by atoms with van der Waals surface area (Å²) in [5, 5.41) is 10.4. The zero-order chi connectivity index (χ0) is 16.9. The molecule has 0 spiro atoms. The van der Waals surface area contributed by atoms with Crippen LogP contribution in [0.1, 0.15) is 36.6 Å². The molecule has 0 aromatic carbocycles. The third kappa shape index (κ3) is 2.57. The van der Waals surface area contributed by atoms with Crippen LogP contribution in [0.25, 0.3) is 10.2 Å². The lowest BCUT2D eigenvalue weighted by Gasteiger charge is -2.07. The first-order valence-electron chi connectivity index (χ1n) is 6.96. The van der Waals surface area contributed by atoms with Crippen molar-refractivity contribution in [1.82, 2.24) is 14.5 Å². The fourth-order valence-corrected chi connectivity index (χ4v) is 4.43. The van der Waals surface area contributed by atoms with E-state index < -0.39 is 5.97 Å². The van der Waals surface area contributed by atoms with Crippen molar-refractivity contribution in [1.29, 1.82) is 0 Å². The molecule has 8 heteroatoms.